The molecule has 0 bridgehead atoms. The molecule has 0 unspecified atom stereocenters. The van der Waals surface area contributed by atoms with E-state index in [0.717, 1.165) is 5.56 Å². The van der Waals surface area contributed by atoms with Crippen LogP contribution in [0.3, 0.4) is 0 Å². The highest BCUT2D eigenvalue weighted by atomic mass is 16.4. The highest BCUT2D eigenvalue weighted by Crippen LogP contribution is 2.03. The van der Waals surface area contributed by atoms with Crippen LogP contribution in [0, 0.1) is 6.92 Å². The predicted molar refractivity (Wildman–Crippen MR) is 51.0 cm³/mol. The summed E-state index contributed by atoms with van der Waals surface area (Å²) in [5, 5.41) is 17.8. The summed E-state index contributed by atoms with van der Waals surface area (Å²) in [4.78, 5) is 11.0. The molecule has 1 aromatic rings. The van der Waals surface area contributed by atoms with Gasteiger partial charge in [-0.25, -0.2) is 0 Å². The van der Waals surface area contributed by atoms with E-state index in [1.165, 1.54) is 13.0 Å². The van der Waals surface area contributed by atoms with Gasteiger partial charge in [-0.05, 0) is 25.4 Å². The Balaban J connectivity index is 3.19. The summed E-state index contributed by atoms with van der Waals surface area (Å²) in [6, 6.07) is 4.84. The fourth-order valence-electron chi connectivity index (χ4n) is 1.17. The van der Waals surface area contributed by atoms with Crippen LogP contribution in [0.15, 0.2) is 18.2 Å². The Morgan fingerprint density at radius 2 is 1.92 bits per heavy atom. The van der Waals surface area contributed by atoms with Gasteiger partial charge >= 0.3 is 7.12 Å². The number of carbonyl (C=O) groups excluding carboxylic acids is 1. The van der Waals surface area contributed by atoms with Crippen molar-refractivity contribution in [3.63, 3.8) is 0 Å². The van der Waals surface area contributed by atoms with Crippen LogP contribution in [0.5, 0.6) is 0 Å². The van der Waals surface area contributed by atoms with Gasteiger partial charge in [0, 0.05) is 5.56 Å². The Hall–Kier alpha value is -1.13. The van der Waals surface area contributed by atoms with Crippen molar-refractivity contribution in [3.05, 3.63) is 29.3 Å². The van der Waals surface area contributed by atoms with E-state index in [2.05, 4.69) is 0 Å². The van der Waals surface area contributed by atoms with Gasteiger partial charge in [-0.15, -0.1) is 0 Å². The minimum absolute atomic E-state index is 0.0781. The Morgan fingerprint density at radius 3 is 2.38 bits per heavy atom. The van der Waals surface area contributed by atoms with E-state index < -0.39 is 7.12 Å². The van der Waals surface area contributed by atoms with Gasteiger partial charge in [-0.2, -0.15) is 0 Å². The predicted octanol–water partition coefficient (Wildman–Crippen LogP) is -0.123. The number of benzene rings is 1. The zero-order valence-electron chi connectivity index (χ0n) is 7.61. The van der Waals surface area contributed by atoms with Crippen LogP contribution in [-0.2, 0) is 0 Å². The van der Waals surface area contributed by atoms with E-state index in [9.17, 15) is 4.79 Å². The zero-order chi connectivity index (χ0) is 10.0. The van der Waals surface area contributed by atoms with Gasteiger partial charge in [0.1, 0.15) is 0 Å². The largest absolute Gasteiger partial charge is 0.488 e. The van der Waals surface area contributed by atoms with E-state index in [1.807, 2.05) is 0 Å². The molecule has 4 heteroatoms. The summed E-state index contributed by atoms with van der Waals surface area (Å²) >= 11 is 0. The first kappa shape index (κ1) is 9.96. The molecule has 0 aliphatic carbocycles. The summed E-state index contributed by atoms with van der Waals surface area (Å²) in [7, 11) is -1.52. The molecule has 0 atom stereocenters. The van der Waals surface area contributed by atoms with Crippen LogP contribution >= 0.6 is 0 Å². The molecule has 1 aromatic carbocycles. The van der Waals surface area contributed by atoms with Crippen LogP contribution in [0.4, 0.5) is 0 Å². The van der Waals surface area contributed by atoms with E-state index in [0.29, 0.717) is 11.0 Å². The second-order valence-electron chi connectivity index (χ2n) is 3.06. The lowest BCUT2D eigenvalue weighted by Gasteiger charge is -2.03. The van der Waals surface area contributed by atoms with Gasteiger partial charge in [0.15, 0.2) is 5.78 Å². The average Bonchev–Trinajstić information content (AvgIpc) is 2.03. The minimum atomic E-state index is -1.52. The number of carbonyl (C=O) groups is 1. The summed E-state index contributed by atoms with van der Waals surface area (Å²) in [6.07, 6.45) is 0. The Morgan fingerprint density at radius 1 is 1.31 bits per heavy atom. The maximum Gasteiger partial charge on any atom is 0.488 e. The second kappa shape index (κ2) is 3.72. The van der Waals surface area contributed by atoms with Crippen molar-refractivity contribution in [3.8, 4) is 0 Å². The summed E-state index contributed by atoms with van der Waals surface area (Å²) in [5.41, 5.74) is 1.70. The quantitative estimate of drug-likeness (QED) is 0.490. The smallest absolute Gasteiger partial charge is 0.423 e. The molecule has 0 aliphatic rings. The second-order valence-corrected chi connectivity index (χ2v) is 3.06. The van der Waals surface area contributed by atoms with Crippen LogP contribution < -0.4 is 5.46 Å². The van der Waals surface area contributed by atoms with Gasteiger partial charge in [0.25, 0.3) is 0 Å². The van der Waals surface area contributed by atoms with Crippen molar-refractivity contribution in [2.45, 2.75) is 13.8 Å². The number of rotatable bonds is 2. The first-order valence-corrected chi connectivity index (χ1v) is 3.99. The van der Waals surface area contributed by atoms with Gasteiger partial charge in [0.2, 0.25) is 0 Å². The van der Waals surface area contributed by atoms with Gasteiger partial charge in [-0.1, -0.05) is 17.7 Å². The molecule has 0 spiro atoms. The van der Waals surface area contributed by atoms with E-state index in [1.54, 1.807) is 19.1 Å². The Labute approximate surface area is 77.2 Å². The van der Waals surface area contributed by atoms with Crippen LogP contribution in [0.2, 0.25) is 0 Å². The Bertz CT molecular complexity index is 334. The topological polar surface area (TPSA) is 57.5 Å². The third kappa shape index (κ3) is 2.40. The van der Waals surface area contributed by atoms with E-state index in [-0.39, 0.29) is 5.78 Å². The molecular formula is C9H11BO3. The van der Waals surface area contributed by atoms with Crippen molar-refractivity contribution < 1.29 is 14.8 Å². The molecule has 0 amide bonds. The summed E-state index contributed by atoms with van der Waals surface area (Å²) in [6.45, 7) is 3.25. The molecule has 3 nitrogen and oxygen atoms in total. The third-order valence-corrected chi connectivity index (χ3v) is 1.80. The lowest BCUT2D eigenvalue weighted by atomic mass is 9.78. The summed E-state index contributed by atoms with van der Waals surface area (Å²) < 4.78 is 0. The summed E-state index contributed by atoms with van der Waals surface area (Å²) in [5.74, 6) is -0.0781. The fraction of sp³-hybridized carbons (Fsp3) is 0.222. The van der Waals surface area contributed by atoms with Crippen LogP contribution in [-0.4, -0.2) is 22.9 Å². The number of hydrogen-bond donors (Lipinski definition) is 2. The fourth-order valence-corrected chi connectivity index (χ4v) is 1.17. The molecule has 2 N–H and O–H groups in total. The first-order chi connectivity index (χ1) is 6.00. The highest BCUT2D eigenvalue weighted by Gasteiger charge is 2.13. The maximum atomic E-state index is 11.0. The first-order valence-electron chi connectivity index (χ1n) is 3.99. The Kier molecular flexibility index (Phi) is 2.85. The molecule has 0 fully saturated rings. The third-order valence-electron chi connectivity index (χ3n) is 1.80. The molecule has 0 radical (unpaired) electrons. The van der Waals surface area contributed by atoms with Crippen LogP contribution in [0.25, 0.3) is 0 Å². The molecule has 0 saturated heterocycles. The number of ketones is 1. The minimum Gasteiger partial charge on any atom is -0.423 e. The van der Waals surface area contributed by atoms with Crippen molar-refractivity contribution in [1.82, 2.24) is 0 Å². The number of Topliss-reactive ketones (excluding diaryl/α,β-unsaturated/α-hetero) is 1. The number of aryl methyl sites for hydroxylation is 1. The van der Waals surface area contributed by atoms with Crippen molar-refractivity contribution in [2.24, 2.45) is 0 Å². The normalized spacial score (nSPS) is 9.85. The SMILES string of the molecule is CC(=O)c1cc(C)cc(B(O)O)c1. The van der Waals surface area contributed by atoms with Gasteiger partial charge in [-0.3, -0.25) is 4.79 Å². The van der Waals surface area contributed by atoms with E-state index >= 15 is 0 Å². The average molecular weight is 178 g/mol. The van der Waals surface area contributed by atoms with Gasteiger partial charge in [0.05, 0.1) is 0 Å². The van der Waals surface area contributed by atoms with Crippen LogP contribution in [0.1, 0.15) is 22.8 Å². The molecule has 0 heterocycles. The zero-order valence-corrected chi connectivity index (χ0v) is 7.61. The molecule has 13 heavy (non-hydrogen) atoms. The molecular weight excluding hydrogens is 167 g/mol. The molecule has 0 aliphatic heterocycles. The molecule has 0 aromatic heterocycles. The monoisotopic (exact) mass is 178 g/mol. The lowest BCUT2D eigenvalue weighted by molar-refractivity contribution is 0.101. The molecule has 0 saturated carbocycles. The van der Waals surface area contributed by atoms with Gasteiger partial charge < -0.3 is 10.0 Å². The van der Waals surface area contributed by atoms with Crippen molar-refractivity contribution in [2.75, 3.05) is 0 Å². The van der Waals surface area contributed by atoms with Crippen molar-refractivity contribution >= 4 is 18.4 Å². The number of hydrogen-bond acceptors (Lipinski definition) is 3. The lowest BCUT2D eigenvalue weighted by Crippen LogP contribution is -2.30. The maximum absolute atomic E-state index is 11.0. The van der Waals surface area contributed by atoms with E-state index in [4.69, 9.17) is 10.0 Å². The standard InChI is InChI=1S/C9H11BO3/c1-6-3-8(7(2)11)5-9(4-6)10(12)13/h3-5,12-13H,1-2H3. The van der Waals surface area contributed by atoms with Crippen molar-refractivity contribution in [1.29, 1.82) is 0 Å². The molecule has 68 valence electrons. The highest BCUT2D eigenvalue weighted by molar-refractivity contribution is 6.58. The molecule has 1 rings (SSSR count).